The monoisotopic (exact) mass is 498 g/mol. The molecule has 0 saturated heterocycles. The van der Waals surface area contributed by atoms with Gasteiger partial charge in [-0.1, -0.05) is 42.5 Å². The minimum atomic E-state index is -0.712. The Balaban J connectivity index is 1.72. The molecule has 0 bridgehead atoms. The number of hydrogen-bond donors (Lipinski definition) is 2. The first kappa shape index (κ1) is 24.5. The molecule has 0 aliphatic carbocycles. The van der Waals surface area contributed by atoms with Gasteiger partial charge in [-0.25, -0.2) is 0 Å². The van der Waals surface area contributed by atoms with Crippen LogP contribution < -0.4 is 10.6 Å². The van der Waals surface area contributed by atoms with Crippen molar-refractivity contribution in [3.8, 4) is 0 Å². The van der Waals surface area contributed by atoms with Crippen LogP contribution in [0.15, 0.2) is 96.0 Å². The second-order valence-electron chi connectivity index (χ2n) is 7.64. The van der Waals surface area contributed by atoms with Crippen molar-refractivity contribution in [2.75, 3.05) is 10.6 Å². The Kier molecular flexibility index (Phi) is 7.10. The zero-order valence-electron chi connectivity index (χ0n) is 19.0. The van der Waals surface area contributed by atoms with Crippen molar-refractivity contribution in [2.24, 2.45) is 4.99 Å². The summed E-state index contributed by atoms with van der Waals surface area (Å²) in [7, 11) is 0. The van der Waals surface area contributed by atoms with E-state index in [4.69, 9.17) is 0 Å². The predicted octanol–water partition coefficient (Wildman–Crippen LogP) is 6.65. The van der Waals surface area contributed by atoms with E-state index in [2.05, 4.69) is 15.6 Å². The number of nitro benzene ring substituents is 3. The Labute approximate surface area is 209 Å². The molecular weight excluding hydrogens is 480 g/mol. The van der Waals surface area contributed by atoms with E-state index in [1.165, 1.54) is 30.5 Å². The van der Waals surface area contributed by atoms with E-state index < -0.39 is 26.1 Å². The predicted molar refractivity (Wildman–Crippen MR) is 140 cm³/mol. The summed E-state index contributed by atoms with van der Waals surface area (Å²) in [5, 5.41) is 40.4. The van der Waals surface area contributed by atoms with Gasteiger partial charge in [-0.05, 0) is 35.9 Å². The minimum Gasteiger partial charge on any atom is -0.350 e. The van der Waals surface area contributed by atoms with Gasteiger partial charge in [0.1, 0.15) is 11.4 Å². The fraction of sp³-hybridized carbons (Fsp3) is 0. The summed E-state index contributed by atoms with van der Waals surface area (Å²) in [6, 6.07) is 23.5. The number of nitro groups is 3. The summed E-state index contributed by atoms with van der Waals surface area (Å²) >= 11 is 0. The van der Waals surface area contributed by atoms with Crippen molar-refractivity contribution in [3.05, 3.63) is 127 Å². The van der Waals surface area contributed by atoms with Crippen LogP contribution in [0.1, 0.15) is 5.56 Å². The fourth-order valence-electron chi connectivity index (χ4n) is 3.46. The summed E-state index contributed by atoms with van der Waals surface area (Å²) in [5.41, 5.74) is 0.836. The summed E-state index contributed by atoms with van der Waals surface area (Å²) in [6.45, 7) is 0. The van der Waals surface area contributed by atoms with Gasteiger partial charge < -0.3 is 10.6 Å². The van der Waals surface area contributed by atoms with E-state index in [-0.39, 0.29) is 17.1 Å². The van der Waals surface area contributed by atoms with Crippen LogP contribution in [-0.2, 0) is 0 Å². The molecule has 4 aromatic rings. The minimum absolute atomic E-state index is 0.00651. The highest BCUT2D eigenvalue weighted by atomic mass is 16.6. The lowest BCUT2D eigenvalue weighted by atomic mass is 10.1. The molecule has 0 aromatic heterocycles. The first-order chi connectivity index (χ1) is 17.8. The molecule has 4 aromatic carbocycles. The molecule has 0 saturated carbocycles. The van der Waals surface area contributed by atoms with E-state index in [0.29, 0.717) is 22.6 Å². The van der Waals surface area contributed by atoms with Gasteiger partial charge >= 0.3 is 0 Å². The molecule has 184 valence electrons. The number of hydrogen-bond acceptors (Lipinski definition) is 9. The molecule has 0 radical (unpaired) electrons. The van der Waals surface area contributed by atoms with Crippen LogP contribution in [0.5, 0.6) is 0 Å². The van der Waals surface area contributed by atoms with Crippen LogP contribution >= 0.6 is 0 Å². The average molecular weight is 498 g/mol. The lowest BCUT2D eigenvalue weighted by Gasteiger charge is -2.13. The summed E-state index contributed by atoms with van der Waals surface area (Å²) in [4.78, 5) is 36.9. The smallest absolute Gasteiger partial charge is 0.299 e. The van der Waals surface area contributed by atoms with Crippen LogP contribution in [0.25, 0.3) is 0 Å². The highest BCUT2D eigenvalue weighted by Crippen LogP contribution is 2.40. The van der Waals surface area contributed by atoms with E-state index in [1.54, 1.807) is 60.7 Å². The van der Waals surface area contributed by atoms with E-state index in [9.17, 15) is 30.3 Å². The number of aliphatic imine (C=N–C) groups is 1. The van der Waals surface area contributed by atoms with Gasteiger partial charge in [0.15, 0.2) is 0 Å². The molecule has 4 rings (SSSR count). The third kappa shape index (κ3) is 5.89. The normalized spacial score (nSPS) is 10.7. The maximum Gasteiger partial charge on any atom is 0.299 e. The molecule has 0 unspecified atom stereocenters. The largest absolute Gasteiger partial charge is 0.350 e. The lowest BCUT2D eigenvalue weighted by molar-refractivity contribution is -0.393. The number of rotatable bonds is 9. The number of nitrogens with one attached hydrogen (secondary N) is 2. The molecule has 0 aliphatic heterocycles. The van der Waals surface area contributed by atoms with Crippen molar-refractivity contribution >= 4 is 51.7 Å². The molecule has 0 aliphatic rings. The molecule has 0 spiro atoms. The maximum atomic E-state index is 11.8. The van der Waals surface area contributed by atoms with Gasteiger partial charge in [0.25, 0.3) is 17.1 Å². The van der Waals surface area contributed by atoms with Gasteiger partial charge in [-0.3, -0.25) is 35.3 Å². The van der Waals surface area contributed by atoms with Crippen molar-refractivity contribution in [2.45, 2.75) is 0 Å². The van der Waals surface area contributed by atoms with Crippen molar-refractivity contribution in [1.29, 1.82) is 0 Å². The molecule has 37 heavy (non-hydrogen) atoms. The van der Waals surface area contributed by atoms with Gasteiger partial charge in [-0.15, -0.1) is 0 Å². The molecule has 2 N–H and O–H groups in total. The lowest BCUT2D eigenvalue weighted by Crippen LogP contribution is -2.03. The Hall–Kier alpha value is -5.65. The molecule has 12 heteroatoms. The fourth-order valence-corrected chi connectivity index (χ4v) is 3.46. The Morgan fingerprint density at radius 2 is 1.27 bits per heavy atom. The molecular formula is C25H18N6O6. The quantitative estimate of drug-likeness (QED) is 0.147. The van der Waals surface area contributed by atoms with Crippen LogP contribution in [0, 0.1) is 30.3 Å². The van der Waals surface area contributed by atoms with Gasteiger partial charge in [0.05, 0.1) is 32.2 Å². The summed E-state index contributed by atoms with van der Waals surface area (Å²) < 4.78 is 0. The second-order valence-corrected chi connectivity index (χ2v) is 7.64. The highest BCUT2D eigenvalue weighted by Gasteiger charge is 2.25. The van der Waals surface area contributed by atoms with Gasteiger partial charge in [0, 0.05) is 24.0 Å². The third-order valence-electron chi connectivity index (χ3n) is 5.17. The van der Waals surface area contributed by atoms with Crippen molar-refractivity contribution < 1.29 is 14.8 Å². The number of non-ortho nitro benzene ring substituents is 1. The van der Waals surface area contributed by atoms with E-state index in [1.807, 2.05) is 0 Å². The highest BCUT2D eigenvalue weighted by molar-refractivity contribution is 5.88. The number of benzene rings is 4. The van der Waals surface area contributed by atoms with Crippen molar-refractivity contribution in [3.63, 3.8) is 0 Å². The topological polar surface area (TPSA) is 166 Å². The third-order valence-corrected chi connectivity index (χ3v) is 5.17. The van der Waals surface area contributed by atoms with Crippen LogP contribution in [0.3, 0.4) is 0 Å². The SMILES string of the molecule is O=[N+]([O-])c1cccc(C=Nc2ccccc2Nc2cc(Nc3ccccc3)c([N+](=O)[O-])cc2[N+](=O)[O-])c1. The molecule has 0 heterocycles. The molecule has 12 nitrogen and oxygen atoms in total. The van der Waals surface area contributed by atoms with Crippen LogP contribution in [-0.4, -0.2) is 21.0 Å². The van der Waals surface area contributed by atoms with Crippen LogP contribution in [0.2, 0.25) is 0 Å². The average Bonchev–Trinajstić information content (AvgIpc) is 2.88. The Morgan fingerprint density at radius 3 is 1.95 bits per heavy atom. The standard InChI is InChI=1S/C25H18N6O6/c32-29(33)19-10-6-7-17(13-19)16-26-20-11-4-5-12-21(20)28-23-14-22(27-18-8-2-1-3-9-18)24(30(34)35)15-25(23)31(36)37/h1-16,27-28H. The first-order valence-corrected chi connectivity index (χ1v) is 10.8. The molecule has 0 fully saturated rings. The number of anilines is 4. The molecule has 0 amide bonds. The van der Waals surface area contributed by atoms with Crippen LogP contribution in [0.4, 0.5) is 45.5 Å². The van der Waals surface area contributed by atoms with Gasteiger partial charge in [0.2, 0.25) is 0 Å². The first-order valence-electron chi connectivity index (χ1n) is 10.8. The van der Waals surface area contributed by atoms with E-state index in [0.717, 1.165) is 6.07 Å². The van der Waals surface area contributed by atoms with Gasteiger partial charge in [-0.2, -0.15) is 0 Å². The number of para-hydroxylation sites is 3. The zero-order chi connectivity index (χ0) is 26.4. The van der Waals surface area contributed by atoms with E-state index >= 15 is 0 Å². The zero-order valence-corrected chi connectivity index (χ0v) is 19.0. The summed E-state index contributed by atoms with van der Waals surface area (Å²) in [5.74, 6) is 0. The maximum absolute atomic E-state index is 11.8. The summed E-state index contributed by atoms with van der Waals surface area (Å²) in [6.07, 6.45) is 1.43. The number of nitrogens with zero attached hydrogens (tertiary/aromatic N) is 4. The Bertz CT molecular complexity index is 1520. The Morgan fingerprint density at radius 1 is 0.622 bits per heavy atom. The second kappa shape index (κ2) is 10.7. The molecule has 0 atom stereocenters. The van der Waals surface area contributed by atoms with Crippen molar-refractivity contribution in [1.82, 2.24) is 0 Å².